The third-order valence-electron chi connectivity index (χ3n) is 2.73. The number of benzene rings is 1. The van der Waals surface area contributed by atoms with Crippen LogP contribution in [0.2, 0.25) is 0 Å². The first kappa shape index (κ1) is 16.2. The molecule has 0 radical (unpaired) electrons. The second-order valence-corrected chi connectivity index (χ2v) is 5.50. The number of rotatable bonds is 7. The lowest BCUT2D eigenvalue weighted by Gasteiger charge is -2.09. The molecule has 22 heavy (non-hydrogen) atoms. The highest BCUT2D eigenvalue weighted by Crippen LogP contribution is 2.14. The molecule has 7 heteroatoms. The highest BCUT2D eigenvalue weighted by molar-refractivity contribution is 7.09. The van der Waals surface area contributed by atoms with E-state index in [-0.39, 0.29) is 6.03 Å². The van der Waals surface area contributed by atoms with Gasteiger partial charge < -0.3 is 15.4 Å². The third-order valence-corrected chi connectivity index (χ3v) is 3.61. The summed E-state index contributed by atoms with van der Waals surface area (Å²) in [6.45, 7) is 0.126. The quantitative estimate of drug-likeness (QED) is 0.819. The van der Waals surface area contributed by atoms with Gasteiger partial charge in [-0.1, -0.05) is 18.2 Å². The van der Waals surface area contributed by atoms with Gasteiger partial charge in [0.05, 0.1) is 6.54 Å². The molecule has 0 saturated heterocycles. The minimum Gasteiger partial charge on any atom is -0.488 e. The van der Waals surface area contributed by atoms with E-state index in [1.54, 1.807) is 35.6 Å². The number of halogens is 2. The molecule has 2 N–H and O–H groups in total. The molecular formula is C15H16F2N2O2S. The first-order valence-electron chi connectivity index (χ1n) is 6.67. The molecule has 0 aliphatic carbocycles. The SMILES string of the molecule is O=C(NCc1cccc(OCC(F)F)c1)NCc1cccs1. The minimum absolute atomic E-state index is 0.285. The van der Waals surface area contributed by atoms with Gasteiger partial charge in [-0.25, -0.2) is 13.6 Å². The van der Waals surface area contributed by atoms with Crippen molar-refractivity contribution >= 4 is 17.4 Å². The Morgan fingerprint density at radius 2 is 2.00 bits per heavy atom. The predicted octanol–water partition coefficient (Wildman–Crippen LogP) is 3.39. The van der Waals surface area contributed by atoms with Crippen molar-refractivity contribution in [1.82, 2.24) is 10.6 Å². The number of carbonyl (C=O) groups excluding carboxylic acids is 1. The normalized spacial score (nSPS) is 10.5. The number of ether oxygens (including phenoxy) is 1. The van der Waals surface area contributed by atoms with E-state index in [4.69, 9.17) is 4.74 Å². The Bertz CT molecular complexity index is 591. The van der Waals surface area contributed by atoms with Gasteiger partial charge in [-0.2, -0.15) is 0 Å². The fourth-order valence-electron chi connectivity index (χ4n) is 1.73. The summed E-state index contributed by atoms with van der Waals surface area (Å²) in [5.41, 5.74) is 0.776. The highest BCUT2D eigenvalue weighted by Gasteiger charge is 2.05. The van der Waals surface area contributed by atoms with Gasteiger partial charge in [-0.15, -0.1) is 11.3 Å². The van der Waals surface area contributed by atoms with Gasteiger partial charge in [0, 0.05) is 11.4 Å². The maximum atomic E-state index is 12.1. The molecular weight excluding hydrogens is 310 g/mol. The van der Waals surface area contributed by atoms with Gasteiger partial charge in [-0.05, 0) is 29.1 Å². The number of alkyl halides is 2. The zero-order chi connectivity index (χ0) is 15.8. The Hall–Kier alpha value is -2.15. The van der Waals surface area contributed by atoms with Crippen LogP contribution in [0.3, 0.4) is 0 Å². The summed E-state index contributed by atoms with van der Waals surface area (Å²) in [7, 11) is 0. The minimum atomic E-state index is -2.51. The van der Waals surface area contributed by atoms with E-state index in [0.717, 1.165) is 10.4 Å². The molecule has 0 aliphatic heterocycles. The molecule has 118 valence electrons. The lowest BCUT2D eigenvalue weighted by molar-refractivity contribution is 0.0818. The maximum Gasteiger partial charge on any atom is 0.315 e. The summed E-state index contributed by atoms with van der Waals surface area (Å²) < 4.78 is 29.1. The number of amides is 2. The van der Waals surface area contributed by atoms with Crippen molar-refractivity contribution in [3.63, 3.8) is 0 Å². The second-order valence-electron chi connectivity index (χ2n) is 4.47. The van der Waals surface area contributed by atoms with Crippen LogP contribution >= 0.6 is 11.3 Å². The molecule has 2 rings (SSSR count). The van der Waals surface area contributed by atoms with Crippen LogP contribution in [0.4, 0.5) is 13.6 Å². The fraction of sp³-hybridized carbons (Fsp3) is 0.267. The number of carbonyl (C=O) groups is 1. The first-order valence-corrected chi connectivity index (χ1v) is 7.55. The summed E-state index contributed by atoms with van der Waals surface area (Å²) in [4.78, 5) is 12.7. The standard InChI is InChI=1S/C15H16F2N2O2S/c16-14(17)10-21-12-4-1-3-11(7-12)8-18-15(20)19-9-13-5-2-6-22-13/h1-7,14H,8-10H2,(H2,18,19,20). The van der Waals surface area contributed by atoms with Gasteiger partial charge in [0.15, 0.2) is 0 Å². The number of thiophene rings is 1. The monoisotopic (exact) mass is 326 g/mol. The molecule has 1 heterocycles. The van der Waals surface area contributed by atoms with Crippen LogP contribution in [0.1, 0.15) is 10.4 Å². The van der Waals surface area contributed by atoms with E-state index < -0.39 is 13.0 Å². The predicted molar refractivity (Wildman–Crippen MR) is 81.3 cm³/mol. The molecule has 0 atom stereocenters. The van der Waals surface area contributed by atoms with Crippen molar-refractivity contribution in [3.8, 4) is 5.75 Å². The van der Waals surface area contributed by atoms with Crippen LogP contribution in [0.25, 0.3) is 0 Å². The van der Waals surface area contributed by atoms with Crippen LogP contribution in [-0.2, 0) is 13.1 Å². The van der Waals surface area contributed by atoms with E-state index in [1.807, 2.05) is 17.5 Å². The van der Waals surface area contributed by atoms with Crippen molar-refractivity contribution in [2.24, 2.45) is 0 Å². The zero-order valence-corrected chi connectivity index (χ0v) is 12.5. The number of hydrogen-bond acceptors (Lipinski definition) is 3. The van der Waals surface area contributed by atoms with Gasteiger partial charge in [0.25, 0.3) is 6.43 Å². The fourth-order valence-corrected chi connectivity index (χ4v) is 2.37. The lowest BCUT2D eigenvalue weighted by Crippen LogP contribution is -2.34. The molecule has 1 aromatic carbocycles. The molecule has 0 aliphatic rings. The molecule has 1 aromatic heterocycles. The average Bonchev–Trinajstić information content (AvgIpc) is 3.03. The van der Waals surface area contributed by atoms with Crippen LogP contribution in [0.15, 0.2) is 41.8 Å². The van der Waals surface area contributed by atoms with Crippen LogP contribution in [-0.4, -0.2) is 19.1 Å². The van der Waals surface area contributed by atoms with E-state index in [1.165, 1.54) is 0 Å². The molecule has 0 spiro atoms. The van der Waals surface area contributed by atoms with Crippen LogP contribution < -0.4 is 15.4 Å². The van der Waals surface area contributed by atoms with Crippen LogP contribution in [0.5, 0.6) is 5.75 Å². The third kappa shape index (κ3) is 5.69. The summed E-state index contributed by atoms with van der Waals surface area (Å²) in [6, 6.07) is 10.3. The largest absolute Gasteiger partial charge is 0.488 e. The smallest absolute Gasteiger partial charge is 0.315 e. The van der Waals surface area contributed by atoms with Gasteiger partial charge in [-0.3, -0.25) is 0 Å². The summed E-state index contributed by atoms with van der Waals surface area (Å²) >= 11 is 1.57. The molecule has 0 saturated carbocycles. The number of urea groups is 1. The second kappa shape index (κ2) is 8.33. The van der Waals surface area contributed by atoms with Crippen molar-refractivity contribution < 1.29 is 18.3 Å². The van der Waals surface area contributed by atoms with E-state index in [2.05, 4.69) is 10.6 Å². The molecule has 4 nitrogen and oxygen atoms in total. The summed E-state index contributed by atoms with van der Waals surface area (Å²) in [6.07, 6.45) is -2.51. The van der Waals surface area contributed by atoms with E-state index >= 15 is 0 Å². The Kier molecular flexibility index (Phi) is 6.14. The Labute approximate surface area is 131 Å². The first-order chi connectivity index (χ1) is 10.6. The summed E-state index contributed by atoms with van der Waals surface area (Å²) in [5, 5.41) is 7.39. The topological polar surface area (TPSA) is 50.4 Å². The van der Waals surface area contributed by atoms with Crippen molar-refractivity contribution in [1.29, 1.82) is 0 Å². The van der Waals surface area contributed by atoms with Crippen molar-refractivity contribution in [3.05, 3.63) is 52.2 Å². The summed E-state index contributed by atoms with van der Waals surface area (Å²) in [5.74, 6) is 0.360. The van der Waals surface area contributed by atoms with E-state index in [0.29, 0.717) is 18.8 Å². The van der Waals surface area contributed by atoms with Crippen molar-refractivity contribution in [2.45, 2.75) is 19.5 Å². The Balaban J connectivity index is 1.75. The molecule has 0 fully saturated rings. The van der Waals surface area contributed by atoms with Gasteiger partial charge in [0.1, 0.15) is 12.4 Å². The molecule has 2 amide bonds. The zero-order valence-electron chi connectivity index (χ0n) is 11.7. The number of hydrogen-bond donors (Lipinski definition) is 2. The molecule has 2 aromatic rings. The van der Waals surface area contributed by atoms with Gasteiger partial charge >= 0.3 is 6.03 Å². The highest BCUT2D eigenvalue weighted by atomic mass is 32.1. The Morgan fingerprint density at radius 3 is 2.73 bits per heavy atom. The lowest BCUT2D eigenvalue weighted by atomic mass is 10.2. The molecule has 0 bridgehead atoms. The number of nitrogens with one attached hydrogen (secondary N) is 2. The Morgan fingerprint density at radius 1 is 1.18 bits per heavy atom. The maximum absolute atomic E-state index is 12.1. The average molecular weight is 326 g/mol. The van der Waals surface area contributed by atoms with Crippen molar-refractivity contribution in [2.75, 3.05) is 6.61 Å². The molecule has 0 unspecified atom stereocenters. The van der Waals surface area contributed by atoms with E-state index in [9.17, 15) is 13.6 Å². The van der Waals surface area contributed by atoms with Gasteiger partial charge in [0.2, 0.25) is 0 Å². The van der Waals surface area contributed by atoms with Crippen LogP contribution in [0, 0.1) is 0 Å².